The number of esters is 1. The zero-order valence-electron chi connectivity index (χ0n) is 10.6. The predicted octanol–water partition coefficient (Wildman–Crippen LogP) is 0.614. The number of nitrogens with one attached hydrogen (secondary N) is 1. The standard InChI is InChI=1S/C12H12N2O6/c1-12(6-19-7-20-11(12)16)13-10(15)8-2-4-9(5-3-8)14(17)18/h2-5H,6-7H2,1H3,(H,13,15). The van der Waals surface area contributed by atoms with Crippen LogP contribution in [0, 0.1) is 10.1 Å². The average molecular weight is 280 g/mol. The lowest BCUT2D eigenvalue weighted by molar-refractivity contribution is -0.384. The third-order valence-corrected chi connectivity index (χ3v) is 2.84. The summed E-state index contributed by atoms with van der Waals surface area (Å²) in [7, 11) is 0. The molecule has 1 aromatic carbocycles. The molecule has 1 atom stereocenters. The van der Waals surface area contributed by atoms with Crippen LogP contribution in [0.15, 0.2) is 24.3 Å². The van der Waals surface area contributed by atoms with Gasteiger partial charge in [0.2, 0.25) is 0 Å². The van der Waals surface area contributed by atoms with Gasteiger partial charge >= 0.3 is 5.97 Å². The Balaban J connectivity index is 2.11. The van der Waals surface area contributed by atoms with Crippen molar-refractivity contribution in [3.8, 4) is 0 Å². The van der Waals surface area contributed by atoms with Crippen molar-refractivity contribution in [3.63, 3.8) is 0 Å². The number of amides is 1. The molecule has 1 N–H and O–H groups in total. The number of carbonyl (C=O) groups is 2. The quantitative estimate of drug-likeness (QED) is 0.494. The van der Waals surface area contributed by atoms with Gasteiger partial charge in [-0.15, -0.1) is 0 Å². The Bertz CT molecular complexity index is 556. The fourth-order valence-electron chi connectivity index (χ4n) is 1.70. The number of nitro groups is 1. The Morgan fingerprint density at radius 2 is 2.05 bits per heavy atom. The SMILES string of the molecule is CC1(NC(=O)c2ccc([N+](=O)[O-])cc2)COCOC1=O. The Morgan fingerprint density at radius 3 is 2.60 bits per heavy atom. The predicted molar refractivity (Wildman–Crippen MR) is 65.9 cm³/mol. The third kappa shape index (κ3) is 2.75. The minimum absolute atomic E-state index is 0.00452. The van der Waals surface area contributed by atoms with Crippen LogP contribution in [0.3, 0.4) is 0 Å². The normalized spacial score (nSPS) is 21.9. The Morgan fingerprint density at radius 1 is 1.40 bits per heavy atom. The first-order chi connectivity index (χ1) is 9.42. The molecule has 1 heterocycles. The van der Waals surface area contributed by atoms with E-state index in [1.54, 1.807) is 0 Å². The molecule has 2 rings (SSSR count). The maximum absolute atomic E-state index is 12.0. The van der Waals surface area contributed by atoms with Crippen LogP contribution in [-0.4, -0.2) is 35.7 Å². The molecule has 1 amide bonds. The highest BCUT2D eigenvalue weighted by atomic mass is 16.7. The molecule has 1 aromatic rings. The van der Waals surface area contributed by atoms with Crippen LogP contribution in [0.4, 0.5) is 5.69 Å². The van der Waals surface area contributed by atoms with Crippen molar-refractivity contribution in [3.05, 3.63) is 39.9 Å². The van der Waals surface area contributed by atoms with Crippen molar-refractivity contribution >= 4 is 17.6 Å². The second-order valence-corrected chi connectivity index (χ2v) is 4.49. The highest BCUT2D eigenvalue weighted by Crippen LogP contribution is 2.16. The Hall–Kier alpha value is -2.48. The number of hydrogen-bond acceptors (Lipinski definition) is 6. The van der Waals surface area contributed by atoms with Crippen LogP contribution in [0.5, 0.6) is 0 Å². The van der Waals surface area contributed by atoms with E-state index < -0.39 is 22.3 Å². The van der Waals surface area contributed by atoms with Crippen LogP contribution in [0.25, 0.3) is 0 Å². The summed E-state index contributed by atoms with van der Waals surface area (Å²) in [5.74, 6) is -1.12. The lowest BCUT2D eigenvalue weighted by Crippen LogP contribution is -2.58. The number of nitro benzene ring substituents is 1. The molecule has 8 heteroatoms. The van der Waals surface area contributed by atoms with Crippen LogP contribution in [0.2, 0.25) is 0 Å². The first-order valence-corrected chi connectivity index (χ1v) is 5.74. The molecule has 8 nitrogen and oxygen atoms in total. The number of ether oxygens (including phenoxy) is 2. The monoisotopic (exact) mass is 280 g/mol. The summed E-state index contributed by atoms with van der Waals surface area (Å²) in [5, 5.41) is 13.0. The maximum Gasteiger partial charge on any atom is 0.336 e. The van der Waals surface area contributed by atoms with Gasteiger partial charge in [0, 0.05) is 17.7 Å². The van der Waals surface area contributed by atoms with Crippen molar-refractivity contribution < 1.29 is 24.0 Å². The molecule has 0 aliphatic carbocycles. The first-order valence-electron chi connectivity index (χ1n) is 5.74. The minimum Gasteiger partial charge on any atom is -0.437 e. The summed E-state index contributed by atoms with van der Waals surface area (Å²) in [6.45, 7) is 1.35. The molecule has 1 aliphatic rings. The van der Waals surface area contributed by atoms with E-state index in [2.05, 4.69) is 5.32 Å². The lowest BCUT2D eigenvalue weighted by atomic mass is 10.0. The molecule has 106 valence electrons. The highest BCUT2D eigenvalue weighted by Gasteiger charge is 2.40. The molecule has 1 fully saturated rings. The van der Waals surface area contributed by atoms with Crippen molar-refractivity contribution in [2.75, 3.05) is 13.4 Å². The van der Waals surface area contributed by atoms with E-state index in [0.717, 1.165) is 0 Å². The van der Waals surface area contributed by atoms with Gasteiger partial charge in [-0.3, -0.25) is 14.9 Å². The summed E-state index contributed by atoms with van der Waals surface area (Å²) in [6, 6.07) is 5.05. The number of nitrogens with zero attached hydrogens (tertiary/aromatic N) is 1. The number of non-ortho nitro benzene ring substituents is 1. The molecule has 0 spiro atoms. The molecule has 1 saturated heterocycles. The number of benzene rings is 1. The van der Waals surface area contributed by atoms with Gasteiger partial charge in [0.1, 0.15) is 0 Å². The summed E-state index contributed by atoms with van der Waals surface area (Å²) in [4.78, 5) is 33.6. The second kappa shape index (κ2) is 5.25. The van der Waals surface area contributed by atoms with Crippen LogP contribution in [-0.2, 0) is 14.3 Å². The van der Waals surface area contributed by atoms with Crippen molar-refractivity contribution in [2.24, 2.45) is 0 Å². The van der Waals surface area contributed by atoms with Gasteiger partial charge in [-0.25, -0.2) is 4.79 Å². The van der Waals surface area contributed by atoms with E-state index in [1.807, 2.05) is 0 Å². The number of cyclic esters (lactones) is 1. The van der Waals surface area contributed by atoms with Crippen LogP contribution in [0.1, 0.15) is 17.3 Å². The van der Waals surface area contributed by atoms with Gasteiger partial charge in [-0.2, -0.15) is 0 Å². The molecule has 20 heavy (non-hydrogen) atoms. The Kier molecular flexibility index (Phi) is 3.66. The van der Waals surface area contributed by atoms with Crippen LogP contribution < -0.4 is 5.32 Å². The summed E-state index contributed by atoms with van der Waals surface area (Å²) < 4.78 is 9.71. The van der Waals surface area contributed by atoms with Gasteiger partial charge < -0.3 is 14.8 Å². The number of carbonyl (C=O) groups excluding carboxylic acids is 2. The molecular formula is C12H12N2O6. The lowest BCUT2D eigenvalue weighted by Gasteiger charge is -2.31. The molecule has 0 aromatic heterocycles. The zero-order valence-corrected chi connectivity index (χ0v) is 10.6. The van der Waals surface area contributed by atoms with E-state index in [-0.39, 0.29) is 24.7 Å². The topological polar surface area (TPSA) is 108 Å². The fraction of sp³-hybridized carbons (Fsp3) is 0.333. The first kappa shape index (κ1) is 13.9. The number of rotatable bonds is 3. The zero-order chi connectivity index (χ0) is 14.8. The van der Waals surface area contributed by atoms with E-state index >= 15 is 0 Å². The van der Waals surface area contributed by atoms with E-state index in [0.29, 0.717) is 0 Å². The minimum atomic E-state index is -1.27. The van der Waals surface area contributed by atoms with E-state index in [4.69, 9.17) is 9.47 Å². The molecule has 0 saturated carbocycles. The Labute approximate surface area is 113 Å². The number of hydrogen-bond donors (Lipinski definition) is 1. The highest BCUT2D eigenvalue weighted by molar-refractivity contribution is 5.98. The smallest absolute Gasteiger partial charge is 0.336 e. The fourth-order valence-corrected chi connectivity index (χ4v) is 1.70. The van der Waals surface area contributed by atoms with E-state index in [1.165, 1.54) is 31.2 Å². The molecule has 0 bridgehead atoms. The summed E-state index contributed by atoms with van der Waals surface area (Å²) in [6.07, 6.45) is 0. The molecule has 1 unspecified atom stereocenters. The van der Waals surface area contributed by atoms with Gasteiger partial charge in [0.25, 0.3) is 11.6 Å². The summed E-state index contributed by atoms with van der Waals surface area (Å²) in [5.41, 5.74) is -1.18. The van der Waals surface area contributed by atoms with Crippen LogP contribution >= 0.6 is 0 Å². The average Bonchev–Trinajstić information content (AvgIpc) is 2.42. The van der Waals surface area contributed by atoms with E-state index in [9.17, 15) is 19.7 Å². The van der Waals surface area contributed by atoms with Crippen molar-refractivity contribution in [2.45, 2.75) is 12.5 Å². The van der Waals surface area contributed by atoms with Gasteiger partial charge in [-0.05, 0) is 19.1 Å². The molecule has 0 radical (unpaired) electrons. The van der Waals surface area contributed by atoms with Crippen molar-refractivity contribution in [1.29, 1.82) is 0 Å². The maximum atomic E-state index is 12.0. The molecular weight excluding hydrogens is 268 g/mol. The van der Waals surface area contributed by atoms with Crippen molar-refractivity contribution in [1.82, 2.24) is 5.32 Å². The third-order valence-electron chi connectivity index (χ3n) is 2.84. The summed E-state index contributed by atoms with van der Waals surface area (Å²) >= 11 is 0. The second-order valence-electron chi connectivity index (χ2n) is 4.49. The largest absolute Gasteiger partial charge is 0.437 e. The van der Waals surface area contributed by atoms with Gasteiger partial charge in [0.15, 0.2) is 12.3 Å². The van der Waals surface area contributed by atoms with Gasteiger partial charge in [-0.1, -0.05) is 0 Å². The molecule has 1 aliphatic heterocycles. The van der Waals surface area contributed by atoms with Gasteiger partial charge in [0.05, 0.1) is 11.5 Å².